The highest BCUT2D eigenvalue weighted by Gasteiger charge is 2.44. The molecule has 0 heterocycles. The number of hydrogen-bond acceptors (Lipinski definition) is 4. The molecule has 0 spiro atoms. The maximum Gasteiger partial charge on any atom is 0.502 e. The number of ether oxygens (including phenoxy) is 1. The van der Waals surface area contributed by atoms with E-state index in [0.717, 1.165) is 0 Å². The fraction of sp³-hybridized carbons (Fsp3) is 0.125. The molecular weight excluding hydrogens is 327 g/mol. The summed E-state index contributed by atoms with van der Waals surface area (Å²) < 4.78 is 41.8. The molecule has 0 saturated carbocycles. The Bertz CT molecular complexity index is 522. The van der Waals surface area contributed by atoms with Crippen LogP contribution in [0.25, 0.3) is 0 Å². The SMILES string of the molecule is O=C(O)C(F)(F)Oc1cc(F)c(Br)cc1[N+](=O)[O-]. The fourth-order valence-corrected chi connectivity index (χ4v) is 1.26. The lowest BCUT2D eigenvalue weighted by Crippen LogP contribution is -2.35. The first kappa shape index (κ1) is 14.2. The van der Waals surface area contributed by atoms with E-state index < -0.39 is 34.3 Å². The molecule has 6 nitrogen and oxygen atoms in total. The third kappa shape index (κ3) is 2.88. The van der Waals surface area contributed by atoms with Gasteiger partial charge in [-0.1, -0.05) is 0 Å². The lowest BCUT2D eigenvalue weighted by molar-refractivity contribution is -0.387. The second kappa shape index (κ2) is 4.80. The van der Waals surface area contributed by atoms with Crippen molar-refractivity contribution >= 4 is 27.6 Å². The molecule has 0 unspecified atom stereocenters. The number of benzene rings is 1. The zero-order valence-electron chi connectivity index (χ0n) is 8.19. The van der Waals surface area contributed by atoms with Crippen LogP contribution in [-0.2, 0) is 4.79 Å². The van der Waals surface area contributed by atoms with E-state index in [-0.39, 0.29) is 4.47 Å². The first-order valence-electron chi connectivity index (χ1n) is 4.09. The van der Waals surface area contributed by atoms with Crippen LogP contribution in [0.3, 0.4) is 0 Å². The number of halogens is 4. The van der Waals surface area contributed by atoms with Gasteiger partial charge >= 0.3 is 17.8 Å². The second-order valence-electron chi connectivity index (χ2n) is 2.92. The van der Waals surface area contributed by atoms with Crippen molar-refractivity contribution in [2.24, 2.45) is 0 Å². The second-order valence-corrected chi connectivity index (χ2v) is 3.77. The number of nitro benzene ring substituents is 1. The first-order valence-corrected chi connectivity index (χ1v) is 4.88. The minimum absolute atomic E-state index is 0.291. The third-order valence-electron chi connectivity index (χ3n) is 1.69. The standard InChI is InChI=1S/C8H3BrF3NO5/c9-3-1-5(13(16)17)6(2-4(3)10)18-8(11,12)7(14)15/h1-2H,(H,14,15). The number of hydrogen-bond donors (Lipinski definition) is 1. The molecule has 98 valence electrons. The average Bonchev–Trinajstić information content (AvgIpc) is 2.22. The third-order valence-corrected chi connectivity index (χ3v) is 2.29. The normalized spacial score (nSPS) is 11.1. The van der Waals surface area contributed by atoms with Gasteiger partial charge in [0.1, 0.15) is 5.82 Å². The molecule has 18 heavy (non-hydrogen) atoms. The Morgan fingerprint density at radius 1 is 1.50 bits per heavy atom. The fourth-order valence-electron chi connectivity index (χ4n) is 0.924. The highest BCUT2D eigenvalue weighted by atomic mass is 79.9. The molecule has 0 saturated heterocycles. The van der Waals surface area contributed by atoms with E-state index in [9.17, 15) is 28.1 Å². The van der Waals surface area contributed by atoms with Crippen LogP contribution < -0.4 is 4.74 Å². The van der Waals surface area contributed by atoms with Gasteiger partial charge in [0.25, 0.3) is 0 Å². The Labute approximate surface area is 105 Å². The number of carbonyl (C=O) groups is 1. The average molecular weight is 330 g/mol. The van der Waals surface area contributed by atoms with Crippen molar-refractivity contribution in [2.75, 3.05) is 0 Å². The Kier molecular flexibility index (Phi) is 3.79. The van der Waals surface area contributed by atoms with Crippen LogP contribution in [0, 0.1) is 15.9 Å². The molecule has 0 radical (unpaired) electrons. The van der Waals surface area contributed by atoms with Gasteiger partial charge in [-0.05, 0) is 15.9 Å². The first-order chi connectivity index (χ1) is 8.15. The lowest BCUT2D eigenvalue weighted by Gasteiger charge is -2.13. The molecular formula is C8H3BrF3NO5. The number of carboxylic acids is 1. The predicted octanol–water partition coefficient (Wildman–Crippen LogP) is 2.55. The molecule has 1 aromatic rings. The van der Waals surface area contributed by atoms with Gasteiger partial charge in [-0.25, -0.2) is 9.18 Å². The summed E-state index contributed by atoms with van der Waals surface area (Å²) in [4.78, 5) is 19.5. The van der Waals surface area contributed by atoms with Crippen molar-refractivity contribution in [1.29, 1.82) is 0 Å². The van der Waals surface area contributed by atoms with Crippen molar-refractivity contribution in [1.82, 2.24) is 0 Å². The van der Waals surface area contributed by atoms with Gasteiger partial charge in [-0.2, -0.15) is 8.78 Å². The minimum Gasteiger partial charge on any atom is -0.474 e. The summed E-state index contributed by atoms with van der Waals surface area (Å²) in [5.41, 5.74) is -0.996. The molecule has 0 fully saturated rings. The highest BCUT2D eigenvalue weighted by molar-refractivity contribution is 9.10. The van der Waals surface area contributed by atoms with Crippen LogP contribution in [0.15, 0.2) is 16.6 Å². The molecule has 0 aliphatic rings. The van der Waals surface area contributed by atoms with Crippen molar-refractivity contribution in [3.63, 3.8) is 0 Å². The summed E-state index contributed by atoms with van der Waals surface area (Å²) in [5, 5.41) is 18.6. The summed E-state index contributed by atoms with van der Waals surface area (Å²) in [6.07, 6.45) is -4.70. The molecule has 0 amide bonds. The summed E-state index contributed by atoms with van der Waals surface area (Å²) >= 11 is 2.62. The minimum atomic E-state index is -4.70. The van der Waals surface area contributed by atoms with Gasteiger partial charge in [-0.3, -0.25) is 10.1 Å². The van der Waals surface area contributed by atoms with Crippen molar-refractivity contribution in [3.8, 4) is 5.75 Å². The van der Waals surface area contributed by atoms with E-state index in [4.69, 9.17) is 5.11 Å². The van der Waals surface area contributed by atoms with Crippen LogP contribution in [0.2, 0.25) is 0 Å². The highest BCUT2D eigenvalue weighted by Crippen LogP contribution is 2.35. The van der Waals surface area contributed by atoms with Crippen LogP contribution in [0.1, 0.15) is 0 Å². The van der Waals surface area contributed by atoms with E-state index >= 15 is 0 Å². The van der Waals surface area contributed by atoms with Crippen LogP contribution in [0.5, 0.6) is 5.75 Å². The Hall–Kier alpha value is -1.84. The Balaban J connectivity index is 3.27. The van der Waals surface area contributed by atoms with Gasteiger partial charge in [0, 0.05) is 12.1 Å². The van der Waals surface area contributed by atoms with E-state index in [1.165, 1.54) is 0 Å². The van der Waals surface area contributed by atoms with Crippen molar-refractivity contribution in [3.05, 3.63) is 32.5 Å². The van der Waals surface area contributed by atoms with E-state index in [0.29, 0.717) is 12.1 Å². The van der Waals surface area contributed by atoms with Gasteiger partial charge in [0.2, 0.25) is 5.75 Å². The van der Waals surface area contributed by atoms with E-state index in [1.54, 1.807) is 0 Å². The summed E-state index contributed by atoms with van der Waals surface area (Å²) in [6, 6.07) is 0.877. The summed E-state index contributed by atoms with van der Waals surface area (Å²) in [7, 11) is 0. The predicted molar refractivity (Wildman–Crippen MR) is 54.0 cm³/mol. The topological polar surface area (TPSA) is 89.7 Å². The number of rotatable bonds is 4. The van der Waals surface area contributed by atoms with E-state index in [1.807, 2.05) is 0 Å². The van der Waals surface area contributed by atoms with Crippen LogP contribution >= 0.6 is 15.9 Å². The van der Waals surface area contributed by atoms with Gasteiger partial charge < -0.3 is 9.84 Å². The molecule has 0 aliphatic heterocycles. The largest absolute Gasteiger partial charge is 0.502 e. The lowest BCUT2D eigenvalue weighted by atomic mass is 10.3. The quantitative estimate of drug-likeness (QED) is 0.677. The molecule has 1 rings (SSSR count). The Morgan fingerprint density at radius 3 is 2.50 bits per heavy atom. The monoisotopic (exact) mass is 329 g/mol. The van der Waals surface area contributed by atoms with Crippen molar-refractivity contribution < 1.29 is 32.7 Å². The van der Waals surface area contributed by atoms with Gasteiger partial charge in [-0.15, -0.1) is 0 Å². The molecule has 0 aliphatic carbocycles. The molecule has 0 atom stereocenters. The van der Waals surface area contributed by atoms with Gasteiger partial charge in [0.15, 0.2) is 0 Å². The smallest absolute Gasteiger partial charge is 0.474 e. The number of alkyl halides is 2. The molecule has 0 aromatic heterocycles. The zero-order valence-corrected chi connectivity index (χ0v) is 9.78. The maximum absolute atomic E-state index is 13.1. The van der Waals surface area contributed by atoms with Crippen LogP contribution in [-0.4, -0.2) is 22.1 Å². The zero-order chi connectivity index (χ0) is 14.1. The Morgan fingerprint density at radius 2 is 2.06 bits per heavy atom. The number of carboxylic acid groups (broad SMARTS) is 1. The molecule has 1 N–H and O–H groups in total. The number of aliphatic carboxylic acids is 1. The molecule has 10 heteroatoms. The number of nitrogens with zero attached hydrogens (tertiary/aromatic N) is 1. The summed E-state index contributed by atoms with van der Waals surface area (Å²) in [5.74, 6) is -4.95. The number of nitro groups is 1. The van der Waals surface area contributed by atoms with Crippen LogP contribution in [0.4, 0.5) is 18.9 Å². The maximum atomic E-state index is 13.1. The van der Waals surface area contributed by atoms with E-state index in [2.05, 4.69) is 20.7 Å². The summed E-state index contributed by atoms with van der Waals surface area (Å²) in [6.45, 7) is 0. The van der Waals surface area contributed by atoms with Gasteiger partial charge in [0.05, 0.1) is 9.40 Å². The molecule has 1 aromatic carbocycles. The van der Waals surface area contributed by atoms with Crippen molar-refractivity contribution in [2.45, 2.75) is 6.11 Å². The molecule has 0 bridgehead atoms.